The van der Waals surface area contributed by atoms with Crippen molar-refractivity contribution in [2.24, 2.45) is 4.99 Å². The first-order chi connectivity index (χ1) is 13.3. The van der Waals surface area contributed by atoms with E-state index in [0.717, 1.165) is 60.1 Å². The number of halogens is 1. The molecule has 3 N–H and O–H groups in total. The topological polar surface area (TPSA) is 48.5 Å². The number of hydrogen-bond acceptors (Lipinski definition) is 3. The molecule has 1 fully saturated rings. The molecule has 4 nitrogen and oxygen atoms in total. The van der Waals surface area contributed by atoms with Crippen LogP contribution in [-0.4, -0.2) is 24.5 Å². The molecule has 1 spiro atoms. The van der Waals surface area contributed by atoms with Crippen molar-refractivity contribution in [1.29, 1.82) is 0 Å². The van der Waals surface area contributed by atoms with Gasteiger partial charge in [-0.05, 0) is 62.2 Å². The van der Waals surface area contributed by atoms with Gasteiger partial charge in [0.25, 0.3) is 0 Å². The van der Waals surface area contributed by atoms with Crippen molar-refractivity contribution in [2.45, 2.75) is 45.2 Å². The van der Waals surface area contributed by atoms with E-state index >= 15 is 0 Å². The molecule has 1 atom stereocenters. The van der Waals surface area contributed by atoms with Gasteiger partial charge in [0, 0.05) is 5.02 Å². The molecule has 144 valence electrons. The molecule has 2 heterocycles. The van der Waals surface area contributed by atoms with E-state index in [1.165, 1.54) is 0 Å². The summed E-state index contributed by atoms with van der Waals surface area (Å²) in [6, 6.07) is 16.3. The Hall–Kier alpha value is -2.04. The first-order valence-corrected chi connectivity index (χ1v) is 10.3. The zero-order valence-corrected chi connectivity index (χ0v) is 16.9. The number of anilines is 2. The maximum Gasteiger partial charge on any atom is 0.127 e. The summed E-state index contributed by atoms with van der Waals surface area (Å²) in [5.74, 6) is 1.04. The van der Waals surface area contributed by atoms with Crippen molar-refractivity contribution in [2.75, 3.05) is 23.7 Å². The second-order valence-corrected chi connectivity index (χ2v) is 7.21. The minimum Gasteiger partial charge on any atom is -0.371 e. The Balaban J connectivity index is 0.00000102. The summed E-state index contributed by atoms with van der Waals surface area (Å²) in [5.41, 5.74) is 3.25. The highest BCUT2D eigenvalue weighted by Crippen LogP contribution is 2.36. The Labute approximate surface area is 167 Å². The zero-order chi connectivity index (χ0) is 19.1. The Morgan fingerprint density at radius 3 is 2.63 bits per heavy atom. The van der Waals surface area contributed by atoms with Crippen LogP contribution >= 0.6 is 11.6 Å². The number of nitrogens with zero attached hydrogens (tertiary/aromatic N) is 1. The summed E-state index contributed by atoms with van der Waals surface area (Å²) in [6.45, 7) is 6.68. The van der Waals surface area contributed by atoms with E-state index in [4.69, 9.17) is 16.6 Å². The first kappa shape index (κ1) is 19.7. The van der Waals surface area contributed by atoms with E-state index in [0.29, 0.717) is 6.54 Å². The van der Waals surface area contributed by atoms with E-state index in [1.807, 2.05) is 32.0 Å². The van der Waals surface area contributed by atoms with Gasteiger partial charge in [0.1, 0.15) is 5.84 Å². The number of hydrogen-bond donors (Lipinski definition) is 3. The number of rotatable bonds is 2. The maximum absolute atomic E-state index is 6.11. The van der Waals surface area contributed by atoms with Gasteiger partial charge in [-0.15, -0.1) is 0 Å². The van der Waals surface area contributed by atoms with Crippen LogP contribution in [0.5, 0.6) is 0 Å². The maximum atomic E-state index is 6.11. The molecule has 0 radical (unpaired) electrons. The summed E-state index contributed by atoms with van der Waals surface area (Å²) >= 11 is 6.11. The molecule has 1 saturated heterocycles. The normalized spacial score (nSPS) is 22.7. The Morgan fingerprint density at radius 1 is 1.00 bits per heavy atom. The summed E-state index contributed by atoms with van der Waals surface area (Å²) in [7, 11) is 0. The molecular weight excluding hydrogens is 356 g/mol. The quantitative estimate of drug-likeness (QED) is 0.657. The van der Waals surface area contributed by atoms with Gasteiger partial charge in [-0.3, -0.25) is 4.99 Å². The fourth-order valence-electron chi connectivity index (χ4n) is 3.69. The van der Waals surface area contributed by atoms with Crippen LogP contribution in [0.15, 0.2) is 53.5 Å². The minimum absolute atomic E-state index is 0.129. The summed E-state index contributed by atoms with van der Waals surface area (Å²) in [6.07, 6.45) is 3.21. The average molecular weight is 385 g/mol. The van der Waals surface area contributed by atoms with Gasteiger partial charge in [0.2, 0.25) is 0 Å². The summed E-state index contributed by atoms with van der Waals surface area (Å²) in [4.78, 5) is 4.97. The molecule has 4 rings (SSSR count). The van der Waals surface area contributed by atoms with Crippen molar-refractivity contribution in [1.82, 2.24) is 5.32 Å². The highest BCUT2D eigenvalue weighted by Gasteiger charge is 2.39. The lowest BCUT2D eigenvalue weighted by Gasteiger charge is -2.41. The molecule has 0 amide bonds. The molecule has 0 bridgehead atoms. The third kappa shape index (κ3) is 4.63. The molecule has 5 heteroatoms. The first-order valence-electron chi connectivity index (χ1n) is 9.90. The molecule has 0 aromatic heterocycles. The van der Waals surface area contributed by atoms with Crippen molar-refractivity contribution in [3.05, 3.63) is 59.1 Å². The van der Waals surface area contributed by atoms with Crippen LogP contribution in [0.4, 0.5) is 11.4 Å². The lowest BCUT2D eigenvalue weighted by Crippen LogP contribution is -2.53. The van der Waals surface area contributed by atoms with E-state index in [2.05, 4.69) is 46.3 Å². The molecule has 2 aromatic carbocycles. The number of fused-ring (bicyclic) bond motifs is 1. The van der Waals surface area contributed by atoms with Gasteiger partial charge in [-0.1, -0.05) is 49.7 Å². The molecule has 2 aliphatic heterocycles. The van der Waals surface area contributed by atoms with E-state index < -0.39 is 0 Å². The Bertz CT molecular complexity index is 779. The monoisotopic (exact) mass is 384 g/mol. The number of para-hydroxylation sites is 2. The minimum atomic E-state index is -0.129. The molecule has 0 saturated carbocycles. The summed E-state index contributed by atoms with van der Waals surface area (Å²) in [5, 5.41) is 11.6. The second kappa shape index (κ2) is 9.25. The molecule has 2 aromatic rings. The van der Waals surface area contributed by atoms with Crippen molar-refractivity contribution in [3.8, 4) is 0 Å². The Kier molecular flexibility index (Phi) is 6.75. The van der Waals surface area contributed by atoms with Crippen molar-refractivity contribution in [3.63, 3.8) is 0 Å². The number of benzene rings is 2. The lowest BCUT2D eigenvalue weighted by molar-refractivity contribution is 0.538. The lowest BCUT2D eigenvalue weighted by atomic mass is 9.86. The fourth-order valence-corrected chi connectivity index (χ4v) is 3.90. The summed E-state index contributed by atoms with van der Waals surface area (Å²) < 4.78 is 0. The van der Waals surface area contributed by atoms with E-state index in [9.17, 15) is 0 Å². The van der Waals surface area contributed by atoms with Crippen LogP contribution < -0.4 is 16.0 Å². The molecular formula is C22H29ClN4. The van der Waals surface area contributed by atoms with Gasteiger partial charge in [-0.2, -0.15) is 0 Å². The molecule has 2 aliphatic rings. The van der Waals surface area contributed by atoms with Crippen LogP contribution in [-0.2, 0) is 6.54 Å². The van der Waals surface area contributed by atoms with Gasteiger partial charge in [-0.25, -0.2) is 0 Å². The van der Waals surface area contributed by atoms with Crippen LogP contribution in [0.1, 0.15) is 38.7 Å². The predicted molar refractivity (Wildman–Crippen MR) is 117 cm³/mol. The standard InChI is InChI=1S/C20H23ClN4.C2H6/c21-16-6-3-5-15(13-16)14-23-19-20(9-4-11-22-12-10-20)25-18-8-2-1-7-17(18)24-19;1-2/h1-3,5-8,13,22,25H,4,9-12,14H2,(H,23,24);1-2H3. The van der Waals surface area contributed by atoms with E-state index in [1.54, 1.807) is 0 Å². The fraction of sp³-hybridized carbons (Fsp3) is 0.409. The van der Waals surface area contributed by atoms with Gasteiger partial charge in [0.15, 0.2) is 0 Å². The predicted octanol–water partition coefficient (Wildman–Crippen LogP) is 5.31. The van der Waals surface area contributed by atoms with Crippen LogP contribution in [0, 0.1) is 0 Å². The molecule has 1 unspecified atom stereocenters. The van der Waals surface area contributed by atoms with E-state index in [-0.39, 0.29) is 5.54 Å². The number of amidine groups is 1. The largest absolute Gasteiger partial charge is 0.371 e. The van der Waals surface area contributed by atoms with Crippen LogP contribution in [0.2, 0.25) is 5.02 Å². The van der Waals surface area contributed by atoms with Gasteiger partial charge < -0.3 is 16.0 Å². The van der Waals surface area contributed by atoms with Crippen molar-refractivity contribution >= 4 is 28.8 Å². The highest BCUT2D eigenvalue weighted by atomic mass is 35.5. The van der Waals surface area contributed by atoms with Gasteiger partial charge in [0.05, 0.1) is 23.5 Å². The third-order valence-electron chi connectivity index (χ3n) is 5.00. The third-order valence-corrected chi connectivity index (χ3v) is 5.24. The number of aliphatic imine (C=N–C) groups is 1. The second-order valence-electron chi connectivity index (χ2n) is 6.78. The average Bonchev–Trinajstić information content (AvgIpc) is 2.94. The highest BCUT2D eigenvalue weighted by molar-refractivity contribution is 6.30. The zero-order valence-electron chi connectivity index (χ0n) is 16.2. The van der Waals surface area contributed by atoms with Crippen LogP contribution in [0.3, 0.4) is 0 Å². The van der Waals surface area contributed by atoms with Gasteiger partial charge >= 0.3 is 0 Å². The Morgan fingerprint density at radius 2 is 1.81 bits per heavy atom. The molecule has 0 aliphatic carbocycles. The van der Waals surface area contributed by atoms with Crippen LogP contribution in [0.25, 0.3) is 0 Å². The van der Waals surface area contributed by atoms with Crippen molar-refractivity contribution < 1.29 is 0 Å². The smallest absolute Gasteiger partial charge is 0.127 e. The SMILES string of the molecule is CC.Clc1cccc(CN=C2Nc3ccccc3NC23CCCNCC3)c1. The molecule has 27 heavy (non-hydrogen) atoms. The number of nitrogens with one attached hydrogen (secondary N) is 3.